The minimum atomic E-state index is -0.348. The highest BCUT2D eigenvalue weighted by Crippen LogP contribution is 2.02. The Morgan fingerprint density at radius 3 is 1.68 bits per heavy atom. The van der Waals surface area contributed by atoms with Crippen molar-refractivity contribution < 1.29 is 9.53 Å². The Hall–Kier alpha value is -0.650. The molecule has 0 aromatic heterocycles. The van der Waals surface area contributed by atoms with Gasteiger partial charge in [0, 0.05) is 20.2 Å². The Morgan fingerprint density at radius 2 is 1.37 bits per heavy atom. The van der Waals surface area contributed by atoms with E-state index >= 15 is 0 Å². The molecule has 1 amide bonds. The monoisotopic (exact) mass is 273 g/mol. The molecule has 0 radical (unpaired) electrons. The summed E-state index contributed by atoms with van der Waals surface area (Å²) in [7, 11) is 9.79. The fourth-order valence-electron chi connectivity index (χ4n) is 1.85. The van der Waals surface area contributed by atoms with Crippen LogP contribution >= 0.6 is 0 Å². The zero-order chi connectivity index (χ0) is 14.8. The van der Waals surface area contributed by atoms with Gasteiger partial charge in [-0.2, -0.15) is 0 Å². The molecule has 114 valence electrons. The number of rotatable bonds is 10. The summed E-state index contributed by atoms with van der Waals surface area (Å²) in [6, 6.07) is 0. The summed E-state index contributed by atoms with van der Waals surface area (Å²) in [6.07, 6.45) is 1.65. The molecule has 0 heterocycles. The molecule has 0 aliphatic rings. The maximum Gasteiger partial charge on any atom is 0.251 e. The van der Waals surface area contributed by atoms with Gasteiger partial charge in [0.2, 0.25) is 0 Å². The molecule has 0 aromatic carbocycles. The van der Waals surface area contributed by atoms with E-state index in [-0.39, 0.29) is 12.0 Å². The van der Waals surface area contributed by atoms with Crippen LogP contribution in [-0.4, -0.2) is 88.2 Å². The minimum Gasteiger partial charge on any atom is -0.372 e. The van der Waals surface area contributed by atoms with E-state index in [2.05, 4.69) is 38.0 Å². The first-order chi connectivity index (χ1) is 8.88. The summed E-state index contributed by atoms with van der Waals surface area (Å²) < 4.78 is 5.14. The van der Waals surface area contributed by atoms with E-state index in [4.69, 9.17) is 4.74 Å². The van der Waals surface area contributed by atoms with Gasteiger partial charge >= 0.3 is 0 Å². The van der Waals surface area contributed by atoms with Crippen molar-refractivity contribution >= 4 is 5.91 Å². The number of carbonyl (C=O) groups excluding carboxylic acids is 1. The topological polar surface area (TPSA) is 36.0 Å². The van der Waals surface area contributed by atoms with Crippen LogP contribution in [-0.2, 0) is 9.53 Å². The first-order valence-corrected chi connectivity index (χ1v) is 6.99. The van der Waals surface area contributed by atoms with Crippen molar-refractivity contribution in [2.24, 2.45) is 0 Å². The highest BCUT2D eigenvalue weighted by Gasteiger charge is 2.19. The van der Waals surface area contributed by atoms with Crippen LogP contribution in [0.1, 0.15) is 19.8 Å². The summed E-state index contributed by atoms with van der Waals surface area (Å²) in [4.78, 5) is 18.4. The zero-order valence-corrected chi connectivity index (χ0v) is 13.5. The van der Waals surface area contributed by atoms with Crippen LogP contribution in [0.15, 0.2) is 0 Å². The number of hydrogen-bond donors (Lipinski definition) is 0. The lowest BCUT2D eigenvalue weighted by Crippen LogP contribution is -2.41. The second-order valence-corrected chi connectivity index (χ2v) is 5.52. The highest BCUT2D eigenvalue weighted by atomic mass is 16.5. The second-order valence-electron chi connectivity index (χ2n) is 5.52. The highest BCUT2D eigenvalue weighted by molar-refractivity contribution is 5.80. The number of ether oxygens (including phenoxy) is 1. The van der Waals surface area contributed by atoms with Crippen molar-refractivity contribution in [3.8, 4) is 0 Å². The number of carbonyl (C=O) groups is 1. The Balaban J connectivity index is 4.25. The van der Waals surface area contributed by atoms with E-state index in [1.165, 1.54) is 0 Å². The van der Waals surface area contributed by atoms with Crippen molar-refractivity contribution in [2.75, 3.05) is 61.5 Å². The Bertz CT molecular complexity index is 231. The molecule has 19 heavy (non-hydrogen) atoms. The van der Waals surface area contributed by atoms with Gasteiger partial charge in [-0.15, -0.1) is 0 Å². The molecule has 1 atom stereocenters. The van der Waals surface area contributed by atoms with Crippen LogP contribution in [0.5, 0.6) is 0 Å². The lowest BCUT2D eigenvalue weighted by molar-refractivity contribution is -0.141. The van der Waals surface area contributed by atoms with Crippen LogP contribution < -0.4 is 0 Å². The molecule has 0 spiro atoms. The van der Waals surface area contributed by atoms with Gasteiger partial charge < -0.3 is 19.4 Å². The van der Waals surface area contributed by atoms with Gasteiger partial charge in [0.25, 0.3) is 5.91 Å². The van der Waals surface area contributed by atoms with Crippen molar-refractivity contribution in [3.63, 3.8) is 0 Å². The number of amides is 1. The smallest absolute Gasteiger partial charge is 0.251 e. The Kier molecular flexibility index (Phi) is 9.83. The third kappa shape index (κ3) is 8.97. The van der Waals surface area contributed by atoms with Gasteiger partial charge in [-0.3, -0.25) is 4.79 Å². The third-order valence-electron chi connectivity index (χ3n) is 3.08. The van der Waals surface area contributed by atoms with Crippen molar-refractivity contribution in [1.29, 1.82) is 0 Å². The second kappa shape index (κ2) is 10.2. The average molecular weight is 273 g/mol. The Morgan fingerprint density at radius 1 is 0.947 bits per heavy atom. The summed E-state index contributed by atoms with van der Waals surface area (Å²) >= 11 is 0. The molecule has 0 fully saturated rings. The van der Waals surface area contributed by atoms with Crippen LogP contribution in [0.4, 0.5) is 0 Å². The molecule has 1 unspecified atom stereocenters. The Labute approximate surface area is 118 Å². The molecule has 0 aliphatic carbocycles. The maximum absolute atomic E-state index is 12.2. The standard InChI is InChI=1S/C14H31N3O2/c1-13(19-6)14(18)17(11-7-9-15(2)3)12-8-10-16(4)5/h13H,7-12H2,1-6H3. The summed E-state index contributed by atoms with van der Waals surface area (Å²) in [5, 5.41) is 0. The first-order valence-electron chi connectivity index (χ1n) is 6.99. The predicted octanol–water partition coefficient (Wildman–Crippen LogP) is 0.753. The first kappa shape index (κ1) is 18.4. The SMILES string of the molecule is COC(C)C(=O)N(CCCN(C)C)CCCN(C)C. The van der Waals surface area contributed by atoms with Crippen LogP contribution in [0.25, 0.3) is 0 Å². The van der Waals surface area contributed by atoms with E-state index in [1.54, 1.807) is 7.11 Å². The van der Waals surface area contributed by atoms with Gasteiger partial charge in [-0.1, -0.05) is 0 Å². The normalized spacial score (nSPS) is 13.1. The number of hydrogen-bond acceptors (Lipinski definition) is 4. The summed E-state index contributed by atoms with van der Waals surface area (Å²) in [6.45, 7) is 5.42. The van der Waals surface area contributed by atoms with Crippen LogP contribution in [0.2, 0.25) is 0 Å². The minimum absolute atomic E-state index is 0.0972. The molecule has 0 saturated heterocycles. The average Bonchev–Trinajstić information content (AvgIpc) is 2.34. The van der Waals surface area contributed by atoms with Gasteiger partial charge in [-0.25, -0.2) is 0 Å². The molecular formula is C14H31N3O2. The van der Waals surface area contributed by atoms with E-state index in [9.17, 15) is 4.79 Å². The molecule has 0 rings (SSSR count). The third-order valence-corrected chi connectivity index (χ3v) is 3.08. The van der Waals surface area contributed by atoms with Crippen molar-refractivity contribution in [2.45, 2.75) is 25.9 Å². The number of nitrogens with zero attached hydrogens (tertiary/aromatic N) is 3. The molecular weight excluding hydrogens is 242 g/mol. The molecule has 5 heteroatoms. The van der Waals surface area contributed by atoms with E-state index in [0.29, 0.717) is 0 Å². The summed E-state index contributed by atoms with van der Waals surface area (Å²) in [5.74, 6) is 0.0972. The van der Waals surface area contributed by atoms with E-state index < -0.39 is 0 Å². The van der Waals surface area contributed by atoms with Crippen LogP contribution in [0, 0.1) is 0 Å². The largest absolute Gasteiger partial charge is 0.372 e. The van der Waals surface area contributed by atoms with Gasteiger partial charge in [0.1, 0.15) is 6.10 Å². The molecule has 0 bridgehead atoms. The fraction of sp³-hybridized carbons (Fsp3) is 0.929. The zero-order valence-electron chi connectivity index (χ0n) is 13.5. The van der Waals surface area contributed by atoms with Gasteiger partial charge in [0.05, 0.1) is 0 Å². The molecule has 0 saturated carbocycles. The lowest BCUT2D eigenvalue weighted by atomic mass is 10.2. The van der Waals surface area contributed by atoms with Gasteiger partial charge in [0.15, 0.2) is 0 Å². The van der Waals surface area contributed by atoms with E-state index in [0.717, 1.165) is 39.0 Å². The van der Waals surface area contributed by atoms with Gasteiger partial charge in [-0.05, 0) is 61.0 Å². The number of methoxy groups -OCH3 is 1. The molecule has 0 aromatic rings. The lowest BCUT2D eigenvalue weighted by Gasteiger charge is -2.26. The van der Waals surface area contributed by atoms with E-state index in [1.807, 2.05) is 11.8 Å². The molecule has 5 nitrogen and oxygen atoms in total. The molecule has 0 N–H and O–H groups in total. The van der Waals surface area contributed by atoms with Crippen molar-refractivity contribution in [3.05, 3.63) is 0 Å². The predicted molar refractivity (Wildman–Crippen MR) is 79.4 cm³/mol. The van der Waals surface area contributed by atoms with Crippen LogP contribution in [0.3, 0.4) is 0 Å². The maximum atomic E-state index is 12.2. The van der Waals surface area contributed by atoms with Crippen molar-refractivity contribution in [1.82, 2.24) is 14.7 Å². The fourth-order valence-corrected chi connectivity index (χ4v) is 1.85. The summed E-state index contributed by atoms with van der Waals surface area (Å²) in [5.41, 5.74) is 0. The quantitative estimate of drug-likeness (QED) is 0.588. The molecule has 0 aliphatic heterocycles.